The van der Waals surface area contributed by atoms with Crippen molar-refractivity contribution in [2.24, 2.45) is 11.8 Å². The van der Waals surface area contributed by atoms with Crippen molar-refractivity contribution in [3.8, 4) is 0 Å². The minimum atomic E-state index is -1.68. The molecule has 3 aromatic rings. The summed E-state index contributed by atoms with van der Waals surface area (Å²) in [6.07, 6.45) is 8.69. The molecule has 3 aromatic carbocycles. The van der Waals surface area contributed by atoms with Crippen molar-refractivity contribution in [1.29, 1.82) is 0 Å². The van der Waals surface area contributed by atoms with Crippen molar-refractivity contribution in [3.63, 3.8) is 0 Å². The van der Waals surface area contributed by atoms with Gasteiger partial charge in [-0.05, 0) is 73.9 Å². The van der Waals surface area contributed by atoms with E-state index in [-0.39, 0.29) is 24.0 Å². The maximum Gasteiger partial charge on any atom is 0.112 e. The normalized spacial score (nSPS) is 19.2. The number of allylic oxidation sites excluding steroid dienone is 1. The van der Waals surface area contributed by atoms with E-state index in [4.69, 9.17) is 0 Å². The van der Waals surface area contributed by atoms with Gasteiger partial charge in [0.15, 0.2) is 0 Å². The highest BCUT2D eigenvalue weighted by Crippen LogP contribution is 2.58. The second-order valence-corrected chi connectivity index (χ2v) is 11.5. The Balaban J connectivity index is 0.00000240. The predicted molar refractivity (Wildman–Crippen MR) is 126 cm³/mol. The number of rotatable bonds is 6. The van der Waals surface area contributed by atoms with E-state index < -0.39 is 7.26 Å². The molecule has 1 fully saturated rings. The largest absolute Gasteiger partial charge is 1.00 e. The highest BCUT2D eigenvalue weighted by atomic mass is 127. The van der Waals surface area contributed by atoms with Gasteiger partial charge >= 0.3 is 0 Å². The zero-order valence-corrected chi connectivity index (χ0v) is 20.0. The molecule has 0 nitrogen and oxygen atoms in total. The van der Waals surface area contributed by atoms with Crippen molar-refractivity contribution in [2.45, 2.75) is 25.7 Å². The van der Waals surface area contributed by atoms with E-state index in [1.165, 1.54) is 47.8 Å². The van der Waals surface area contributed by atoms with Gasteiger partial charge in [-0.25, -0.2) is 0 Å². The van der Waals surface area contributed by atoms with Crippen LogP contribution in [0.1, 0.15) is 25.7 Å². The van der Waals surface area contributed by atoms with E-state index in [0.717, 1.165) is 5.92 Å². The number of hydrogen-bond acceptors (Lipinski definition) is 0. The quantitative estimate of drug-likeness (QED) is 0.271. The molecule has 0 N–H and O–H groups in total. The Morgan fingerprint density at radius 1 is 0.655 bits per heavy atom. The highest BCUT2D eigenvalue weighted by Gasteiger charge is 2.47. The molecule has 0 radical (unpaired) electrons. The van der Waals surface area contributed by atoms with Crippen molar-refractivity contribution in [2.75, 3.05) is 6.16 Å². The molecule has 0 atom stereocenters. The SMILES string of the molecule is C=CC1CCC(C[P+](c2ccccc2)(c2ccccc2)c2ccccc2)CC1.[I-]. The van der Waals surface area contributed by atoms with Crippen LogP contribution < -0.4 is 39.9 Å². The van der Waals surface area contributed by atoms with E-state index >= 15 is 0 Å². The monoisotopic (exact) mass is 512 g/mol. The summed E-state index contributed by atoms with van der Waals surface area (Å²) in [4.78, 5) is 0. The first-order valence-electron chi connectivity index (χ1n) is 10.5. The summed E-state index contributed by atoms with van der Waals surface area (Å²) in [6.45, 7) is 4.03. The summed E-state index contributed by atoms with van der Waals surface area (Å²) in [7, 11) is -1.68. The van der Waals surface area contributed by atoms with Gasteiger partial charge in [-0.15, -0.1) is 6.58 Å². The molecule has 0 heterocycles. The summed E-state index contributed by atoms with van der Waals surface area (Å²) < 4.78 is 0. The second-order valence-electron chi connectivity index (χ2n) is 8.02. The minimum Gasteiger partial charge on any atom is -1.00 e. The first kappa shape index (κ1) is 22.2. The lowest BCUT2D eigenvalue weighted by atomic mass is 9.83. The summed E-state index contributed by atoms with van der Waals surface area (Å²) >= 11 is 0. The van der Waals surface area contributed by atoms with Gasteiger partial charge < -0.3 is 24.0 Å². The van der Waals surface area contributed by atoms with Crippen LogP contribution >= 0.6 is 7.26 Å². The fraction of sp³-hybridized carbons (Fsp3) is 0.259. The molecule has 1 aliphatic rings. The van der Waals surface area contributed by atoms with Crippen LogP contribution in [0.15, 0.2) is 104 Å². The minimum absolute atomic E-state index is 0. The topological polar surface area (TPSA) is 0 Å². The lowest BCUT2D eigenvalue weighted by molar-refractivity contribution is -0.00000553. The Hall–Kier alpha value is -1.44. The standard InChI is InChI=1S/C27H30P.HI/c1-2-23-18-20-24(21-19-23)22-28(25-12-6-3-7-13-25,26-14-8-4-9-15-26)27-16-10-5-11-17-27;/h2-17,23-24H,1,18-22H2;1H/q+1;/p-1. The Bertz CT molecular complexity index is 772. The molecule has 4 rings (SSSR count). The molecule has 0 bridgehead atoms. The Labute approximate surface area is 193 Å². The third-order valence-corrected chi connectivity index (χ3v) is 11.0. The summed E-state index contributed by atoms with van der Waals surface area (Å²) in [6, 6.07) is 33.9. The molecule has 1 saturated carbocycles. The van der Waals surface area contributed by atoms with Crippen LogP contribution in [0, 0.1) is 11.8 Å². The fourth-order valence-electron chi connectivity index (χ4n) is 4.80. The smallest absolute Gasteiger partial charge is 0.112 e. The number of benzene rings is 3. The average Bonchev–Trinajstić information content (AvgIpc) is 2.80. The third-order valence-electron chi connectivity index (χ3n) is 6.35. The van der Waals surface area contributed by atoms with E-state index in [1.54, 1.807) is 0 Å². The first-order chi connectivity index (χ1) is 13.8. The van der Waals surface area contributed by atoms with Crippen molar-refractivity contribution >= 4 is 23.2 Å². The Kier molecular flexibility index (Phi) is 8.09. The van der Waals surface area contributed by atoms with Gasteiger partial charge in [0.1, 0.15) is 23.2 Å². The zero-order valence-electron chi connectivity index (χ0n) is 17.0. The van der Waals surface area contributed by atoms with Crippen LogP contribution in [0.2, 0.25) is 0 Å². The molecule has 0 unspecified atom stereocenters. The highest BCUT2D eigenvalue weighted by molar-refractivity contribution is 7.95. The summed E-state index contributed by atoms with van der Waals surface area (Å²) in [5.74, 6) is 1.50. The van der Waals surface area contributed by atoms with Gasteiger partial charge in [0.05, 0.1) is 6.16 Å². The van der Waals surface area contributed by atoms with Crippen LogP contribution in [-0.2, 0) is 0 Å². The molecular formula is C27H30IP. The van der Waals surface area contributed by atoms with E-state index in [2.05, 4.69) is 104 Å². The van der Waals surface area contributed by atoms with E-state index in [0.29, 0.717) is 5.92 Å². The number of hydrogen-bond donors (Lipinski definition) is 0. The van der Waals surface area contributed by atoms with Crippen molar-refractivity contribution in [3.05, 3.63) is 104 Å². The van der Waals surface area contributed by atoms with Crippen LogP contribution in [-0.4, -0.2) is 6.16 Å². The summed E-state index contributed by atoms with van der Waals surface area (Å²) in [5, 5.41) is 4.54. The second kappa shape index (κ2) is 10.5. The van der Waals surface area contributed by atoms with Crippen LogP contribution in [0.3, 0.4) is 0 Å². The van der Waals surface area contributed by atoms with Gasteiger partial charge in [0.2, 0.25) is 0 Å². The Morgan fingerprint density at radius 3 is 1.38 bits per heavy atom. The molecular weight excluding hydrogens is 482 g/mol. The van der Waals surface area contributed by atoms with E-state index in [9.17, 15) is 0 Å². The molecule has 0 aromatic heterocycles. The maximum atomic E-state index is 4.03. The lowest BCUT2D eigenvalue weighted by Gasteiger charge is -2.34. The maximum absolute atomic E-state index is 4.03. The van der Waals surface area contributed by atoms with Gasteiger partial charge in [-0.3, -0.25) is 0 Å². The zero-order chi connectivity index (χ0) is 19.2. The molecule has 29 heavy (non-hydrogen) atoms. The first-order valence-corrected chi connectivity index (χ1v) is 12.5. The molecule has 150 valence electrons. The summed E-state index contributed by atoms with van der Waals surface area (Å²) in [5.41, 5.74) is 0. The van der Waals surface area contributed by atoms with Crippen molar-refractivity contribution in [1.82, 2.24) is 0 Å². The average molecular weight is 512 g/mol. The Morgan fingerprint density at radius 2 is 1.03 bits per heavy atom. The molecule has 1 aliphatic carbocycles. The molecule has 0 amide bonds. The number of halogens is 1. The molecule has 0 saturated heterocycles. The molecule has 2 heteroatoms. The van der Waals surface area contributed by atoms with Gasteiger partial charge in [-0.2, -0.15) is 0 Å². The van der Waals surface area contributed by atoms with Gasteiger partial charge in [0.25, 0.3) is 0 Å². The van der Waals surface area contributed by atoms with Crippen molar-refractivity contribution < 1.29 is 24.0 Å². The van der Waals surface area contributed by atoms with Crippen LogP contribution in [0.4, 0.5) is 0 Å². The third kappa shape index (κ3) is 4.84. The molecule has 0 spiro atoms. The lowest BCUT2D eigenvalue weighted by Crippen LogP contribution is -3.00. The van der Waals surface area contributed by atoms with Crippen LogP contribution in [0.5, 0.6) is 0 Å². The fourth-order valence-corrected chi connectivity index (χ4v) is 9.51. The van der Waals surface area contributed by atoms with Gasteiger partial charge in [0, 0.05) is 0 Å². The van der Waals surface area contributed by atoms with E-state index in [1.807, 2.05) is 0 Å². The molecule has 0 aliphatic heterocycles. The van der Waals surface area contributed by atoms with Gasteiger partial charge in [-0.1, -0.05) is 60.7 Å². The predicted octanol–water partition coefficient (Wildman–Crippen LogP) is 2.98. The van der Waals surface area contributed by atoms with Crippen LogP contribution in [0.25, 0.3) is 0 Å².